The van der Waals surface area contributed by atoms with Crippen LogP contribution in [0.1, 0.15) is 27.7 Å². The van der Waals surface area contributed by atoms with Crippen molar-refractivity contribution in [2.75, 3.05) is 39.6 Å². The molecule has 0 aliphatic rings. The van der Waals surface area contributed by atoms with E-state index in [4.69, 9.17) is 24.1 Å². The highest BCUT2D eigenvalue weighted by molar-refractivity contribution is 4.57. The van der Waals surface area contributed by atoms with Crippen molar-refractivity contribution in [3.05, 3.63) is 0 Å². The predicted molar refractivity (Wildman–Crippen MR) is 75.8 cm³/mol. The van der Waals surface area contributed by atoms with Crippen LogP contribution in [-0.4, -0.2) is 74.3 Å². The minimum atomic E-state index is -0.608. The molecular weight excluding hydrogens is 264 g/mol. The molecule has 0 bridgehead atoms. The summed E-state index contributed by atoms with van der Waals surface area (Å²) in [6.45, 7) is 9.44. The molecule has 0 saturated carbocycles. The highest BCUT2D eigenvalue weighted by atomic mass is 16.6. The Morgan fingerprint density at radius 3 is 1.80 bits per heavy atom. The average Bonchev–Trinajstić information content (AvgIpc) is 2.45. The maximum Gasteiger partial charge on any atom is 0.101 e. The van der Waals surface area contributed by atoms with E-state index in [0.717, 1.165) is 0 Å². The molecule has 0 amide bonds. The van der Waals surface area contributed by atoms with Gasteiger partial charge in [-0.2, -0.15) is 0 Å². The first kappa shape index (κ1) is 19.8. The van der Waals surface area contributed by atoms with Gasteiger partial charge in [-0.05, 0) is 27.7 Å². The van der Waals surface area contributed by atoms with E-state index in [-0.39, 0.29) is 38.1 Å². The topological polar surface area (TPSA) is 77.4 Å². The van der Waals surface area contributed by atoms with Gasteiger partial charge in [0.25, 0.3) is 0 Å². The molecule has 0 aromatic heterocycles. The van der Waals surface area contributed by atoms with Gasteiger partial charge in [-0.15, -0.1) is 0 Å². The maximum atomic E-state index is 9.54. The third-order valence-corrected chi connectivity index (χ3v) is 2.58. The van der Waals surface area contributed by atoms with E-state index in [1.54, 1.807) is 6.92 Å². The van der Waals surface area contributed by atoms with Crippen LogP contribution >= 0.6 is 0 Å². The Bertz CT molecular complexity index is 214. The summed E-state index contributed by atoms with van der Waals surface area (Å²) in [5.74, 6) is 0. The van der Waals surface area contributed by atoms with Gasteiger partial charge in [-0.3, -0.25) is 0 Å². The third-order valence-electron chi connectivity index (χ3n) is 2.58. The minimum Gasteiger partial charge on any atom is -0.394 e. The van der Waals surface area contributed by atoms with E-state index in [2.05, 4.69) is 0 Å². The van der Waals surface area contributed by atoms with Crippen LogP contribution in [0.3, 0.4) is 0 Å². The molecule has 0 fully saturated rings. The van der Waals surface area contributed by atoms with E-state index in [9.17, 15) is 5.11 Å². The monoisotopic (exact) mass is 294 g/mol. The zero-order chi connectivity index (χ0) is 15.4. The lowest BCUT2D eigenvalue weighted by Crippen LogP contribution is -2.29. The van der Waals surface area contributed by atoms with E-state index >= 15 is 0 Å². The van der Waals surface area contributed by atoms with Crippen LogP contribution in [0, 0.1) is 0 Å². The van der Waals surface area contributed by atoms with Gasteiger partial charge in [0, 0.05) is 6.61 Å². The summed E-state index contributed by atoms with van der Waals surface area (Å²) < 4.78 is 21.5. The van der Waals surface area contributed by atoms with Crippen LogP contribution in [0.15, 0.2) is 0 Å². The standard InChI is InChI=1S/C14H30O6/c1-5-17-9-14(16)10-20-13(4)8-19-12(3)7-18-11(2)6-15/h11-16H,5-10H2,1-4H3. The first-order valence-electron chi connectivity index (χ1n) is 7.21. The van der Waals surface area contributed by atoms with E-state index in [0.29, 0.717) is 19.8 Å². The lowest BCUT2D eigenvalue weighted by Gasteiger charge is -2.20. The largest absolute Gasteiger partial charge is 0.394 e. The summed E-state index contributed by atoms with van der Waals surface area (Å²) in [5, 5.41) is 18.4. The molecule has 0 aromatic rings. The molecule has 0 aliphatic heterocycles. The molecule has 6 heteroatoms. The van der Waals surface area contributed by atoms with Gasteiger partial charge < -0.3 is 29.2 Å². The van der Waals surface area contributed by atoms with Crippen LogP contribution in [-0.2, 0) is 18.9 Å². The summed E-state index contributed by atoms with van der Waals surface area (Å²) in [6.07, 6.45) is -0.959. The van der Waals surface area contributed by atoms with Crippen molar-refractivity contribution in [1.82, 2.24) is 0 Å². The molecule has 20 heavy (non-hydrogen) atoms. The van der Waals surface area contributed by atoms with Gasteiger partial charge in [0.1, 0.15) is 6.10 Å². The van der Waals surface area contributed by atoms with Crippen LogP contribution in [0.5, 0.6) is 0 Å². The third kappa shape index (κ3) is 11.6. The smallest absolute Gasteiger partial charge is 0.101 e. The summed E-state index contributed by atoms with van der Waals surface area (Å²) >= 11 is 0. The Labute approximate surface area is 122 Å². The Morgan fingerprint density at radius 2 is 1.30 bits per heavy atom. The molecule has 0 heterocycles. The number of rotatable bonds is 13. The van der Waals surface area contributed by atoms with E-state index in [1.165, 1.54) is 0 Å². The summed E-state index contributed by atoms with van der Waals surface area (Å²) in [6, 6.07) is 0. The van der Waals surface area contributed by atoms with Crippen molar-refractivity contribution in [2.45, 2.75) is 52.1 Å². The van der Waals surface area contributed by atoms with Gasteiger partial charge in [-0.25, -0.2) is 0 Å². The molecular formula is C14H30O6. The normalized spacial score (nSPS) is 17.7. The average molecular weight is 294 g/mol. The number of hydrogen-bond acceptors (Lipinski definition) is 6. The van der Waals surface area contributed by atoms with Crippen molar-refractivity contribution < 1.29 is 29.2 Å². The summed E-state index contributed by atoms with van der Waals surface area (Å²) in [4.78, 5) is 0. The van der Waals surface area contributed by atoms with E-state index < -0.39 is 6.10 Å². The second-order valence-electron chi connectivity index (χ2n) is 4.93. The number of aliphatic hydroxyl groups is 2. The quantitative estimate of drug-likeness (QED) is 0.518. The highest BCUT2D eigenvalue weighted by Crippen LogP contribution is 2.01. The predicted octanol–water partition coefficient (Wildman–Crippen LogP) is 0.591. The molecule has 0 aliphatic carbocycles. The molecule has 0 aromatic carbocycles. The zero-order valence-electron chi connectivity index (χ0n) is 13.1. The lowest BCUT2D eigenvalue weighted by molar-refractivity contribution is -0.0903. The number of aliphatic hydroxyl groups excluding tert-OH is 2. The molecule has 122 valence electrons. The fourth-order valence-electron chi connectivity index (χ4n) is 1.33. The van der Waals surface area contributed by atoms with Gasteiger partial charge >= 0.3 is 0 Å². The Hall–Kier alpha value is -0.240. The van der Waals surface area contributed by atoms with Crippen molar-refractivity contribution in [3.8, 4) is 0 Å². The maximum absolute atomic E-state index is 9.54. The van der Waals surface area contributed by atoms with Gasteiger partial charge in [0.15, 0.2) is 0 Å². The highest BCUT2D eigenvalue weighted by Gasteiger charge is 2.11. The summed E-state index contributed by atoms with van der Waals surface area (Å²) in [7, 11) is 0. The number of ether oxygens (including phenoxy) is 4. The minimum absolute atomic E-state index is 0.00392. The summed E-state index contributed by atoms with van der Waals surface area (Å²) in [5.41, 5.74) is 0. The Balaban J connectivity index is 3.58. The van der Waals surface area contributed by atoms with Gasteiger partial charge in [0.05, 0.1) is 51.3 Å². The lowest BCUT2D eigenvalue weighted by atomic mass is 10.3. The van der Waals surface area contributed by atoms with Crippen LogP contribution in [0.2, 0.25) is 0 Å². The molecule has 2 N–H and O–H groups in total. The van der Waals surface area contributed by atoms with Crippen LogP contribution < -0.4 is 0 Å². The second-order valence-corrected chi connectivity index (χ2v) is 4.93. The Morgan fingerprint density at radius 1 is 0.800 bits per heavy atom. The van der Waals surface area contributed by atoms with Gasteiger partial charge in [-0.1, -0.05) is 0 Å². The van der Waals surface area contributed by atoms with Crippen LogP contribution in [0.25, 0.3) is 0 Å². The molecule has 6 nitrogen and oxygen atoms in total. The van der Waals surface area contributed by atoms with Crippen molar-refractivity contribution in [3.63, 3.8) is 0 Å². The molecule has 0 spiro atoms. The SMILES string of the molecule is CCOCC(O)COC(C)COC(C)COC(C)CO. The van der Waals surface area contributed by atoms with Crippen molar-refractivity contribution in [1.29, 1.82) is 0 Å². The van der Waals surface area contributed by atoms with Gasteiger partial charge in [0.2, 0.25) is 0 Å². The Kier molecular flexibility index (Phi) is 12.3. The van der Waals surface area contributed by atoms with Crippen molar-refractivity contribution >= 4 is 0 Å². The molecule has 4 unspecified atom stereocenters. The second kappa shape index (κ2) is 12.5. The fraction of sp³-hybridized carbons (Fsp3) is 1.00. The molecule has 0 saturated heterocycles. The molecule has 0 rings (SSSR count). The molecule has 0 radical (unpaired) electrons. The fourth-order valence-corrected chi connectivity index (χ4v) is 1.33. The molecule has 4 atom stereocenters. The van der Waals surface area contributed by atoms with Crippen LogP contribution in [0.4, 0.5) is 0 Å². The zero-order valence-corrected chi connectivity index (χ0v) is 13.1. The van der Waals surface area contributed by atoms with Crippen molar-refractivity contribution in [2.24, 2.45) is 0 Å². The first-order chi connectivity index (χ1) is 9.49. The number of hydrogen-bond donors (Lipinski definition) is 2. The van der Waals surface area contributed by atoms with E-state index in [1.807, 2.05) is 20.8 Å². The first-order valence-corrected chi connectivity index (χ1v) is 7.21.